The van der Waals surface area contributed by atoms with Crippen LogP contribution in [0.4, 0.5) is 0 Å². The number of furan rings is 1. The molecule has 2 nitrogen and oxygen atoms in total. The smallest absolute Gasteiger partial charge is 0.136 e. The molecular formula is C9H11BrO2. The molecule has 1 aromatic rings. The van der Waals surface area contributed by atoms with Gasteiger partial charge in [-0.05, 0) is 15.9 Å². The Labute approximate surface area is 80.0 Å². The van der Waals surface area contributed by atoms with Crippen LogP contribution in [0.1, 0.15) is 36.8 Å². The van der Waals surface area contributed by atoms with Crippen LogP contribution in [0.3, 0.4) is 0 Å². The Kier molecular flexibility index (Phi) is 2.00. The highest BCUT2D eigenvalue weighted by Crippen LogP contribution is 2.36. The fraction of sp³-hybridized carbons (Fsp3) is 0.556. The van der Waals surface area contributed by atoms with Crippen molar-refractivity contribution in [2.24, 2.45) is 0 Å². The molecule has 1 aliphatic heterocycles. The average Bonchev–Trinajstić information content (AvgIpc) is 2.53. The van der Waals surface area contributed by atoms with Gasteiger partial charge in [0.05, 0.1) is 11.1 Å². The first-order valence-electron chi connectivity index (χ1n) is 4.08. The number of halogens is 1. The Morgan fingerprint density at radius 2 is 2.08 bits per heavy atom. The molecule has 2 heterocycles. The molecule has 0 saturated heterocycles. The lowest BCUT2D eigenvalue weighted by Crippen LogP contribution is -1.86. The molecule has 0 fully saturated rings. The van der Waals surface area contributed by atoms with Gasteiger partial charge in [0.15, 0.2) is 0 Å². The maximum absolute atomic E-state index is 5.65. The predicted molar refractivity (Wildman–Crippen MR) is 49.0 cm³/mol. The Morgan fingerprint density at radius 1 is 1.33 bits per heavy atom. The van der Waals surface area contributed by atoms with Crippen LogP contribution in [0.2, 0.25) is 0 Å². The van der Waals surface area contributed by atoms with E-state index in [2.05, 4.69) is 29.8 Å². The van der Waals surface area contributed by atoms with Crippen LogP contribution in [0.15, 0.2) is 8.89 Å². The fourth-order valence-electron chi connectivity index (χ4n) is 1.39. The van der Waals surface area contributed by atoms with Gasteiger partial charge in [0.25, 0.3) is 0 Å². The SMILES string of the molecule is CC(C)c1oc2c(c1Br)COC2. The van der Waals surface area contributed by atoms with Crippen LogP contribution in [0.5, 0.6) is 0 Å². The molecule has 3 heteroatoms. The van der Waals surface area contributed by atoms with Crippen molar-refractivity contribution in [3.05, 3.63) is 21.6 Å². The quantitative estimate of drug-likeness (QED) is 0.740. The summed E-state index contributed by atoms with van der Waals surface area (Å²) in [5, 5.41) is 0. The van der Waals surface area contributed by atoms with E-state index < -0.39 is 0 Å². The van der Waals surface area contributed by atoms with Crippen molar-refractivity contribution in [2.75, 3.05) is 0 Å². The molecule has 0 radical (unpaired) electrons. The van der Waals surface area contributed by atoms with Gasteiger partial charge in [0, 0.05) is 11.5 Å². The van der Waals surface area contributed by atoms with Gasteiger partial charge in [-0.3, -0.25) is 0 Å². The number of fused-ring (bicyclic) bond motifs is 1. The normalized spacial score (nSPS) is 15.7. The summed E-state index contributed by atoms with van der Waals surface area (Å²) >= 11 is 3.53. The van der Waals surface area contributed by atoms with Crippen LogP contribution in [0, 0.1) is 0 Å². The van der Waals surface area contributed by atoms with Crippen LogP contribution in [-0.2, 0) is 18.0 Å². The summed E-state index contributed by atoms with van der Waals surface area (Å²) in [6, 6.07) is 0. The van der Waals surface area contributed by atoms with E-state index in [9.17, 15) is 0 Å². The van der Waals surface area contributed by atoms with E-state index in [4.69, 9.17) is 9.15 Å². The van der Waals surface area contributed by atoms with Crippen LogP contribution < -0.4 is 0 Å². The molecule has 0 saturated carbocycles. The maximum atomic E-state index is 5.65. The van der Waals surface area contributed by atoms with Crippen LogP contribution in [0.25, 0.3) is 0 Å². The molecule has 1 aliphatic rings. The average molecular weight is 231 g/mol. The van der Waals surface area contributed by atoms with Gasteiger partial charge in [-0.2, -0.15) is 0 Å². The molecule has 0 aromatic carbocycles. The third-order valence-electron chi connectivity index (χ3n) is 2.05. The minimum absolute atomic E-state index is 0.435. The lowest BCUT2D eigenvalue weighted by molar-refractivity contribution is 0.122. The third kappa shape index (κ3) is 1.12. The van der Waals surface area contributed by atoms with Crippen molar-refractivity contribution in [1.82, 2.24) is 0 Å². The van der Waals surface area contributed by atoms with Gasteiger partial charge >= 0.3 is 0 Å². The predicted octanol–water partition coefficient (Wildman–Crippen LogP) is 3.20. The Hall–Kier alpha value is -0.280. The molecule has 12 heavy (non-hydrogen) atoms. The summed E-state index contributed by atoms with van der Waals surface area (Å²) in [5.41, 5.74) is 1.19. The van der Waals surface area contributed by atoms with E-state index in [1.54, 1.807) is 0 Å². The number of rotatable bonds is 1. The van der Waals surface area contributed by atoms with Crippen molar-refractivity contribution >= 4 is 15.9 Å². The third-order valence-corrected chi connectivity index (χ3v) is 2.92. The molecule has 66 valence electrons. The molecule has 0 N–H and O–H groups in total. The van der Waals surface area contributed by atoms with Gasteiger partial charge in [-0.25, -0.2) is 0 Å². The second-order valence-electron chi connectivity index (χ2n) is 3.33. The van der Waals surface area contributed by atoms with Crippen LogP contribution in [-0.4, -0.2) is 0 Å². The minimum Gasteiger partial charge on any atom is -0.462 e. The Balaban J connectivity index is 2.47. The van der Waals surface area contributed by atoms with E-state index >= 15 is 0 Å². The van der Waals surface area contributed by atoms with Crippen molar-refractivity contribution in [1.29, 1.82) is 0 Å². The molecule has 0 atom stereocenters. The molecule has 1 aromatic heterocycles. The summed E-state index contributed by atoms with van der Waals surface area (Å²) < 4.78 is 12.0. The zero-order chi connectivity index (χ0) is 8.72. The van der Waals surface area contributed by atoms with Crippen molar-refractivity contribution < 1.29 is 9.15 Å². The van der Waals surface area contributed by atoms with E-state index in [0.717, 1.165) is 16.0 Å². The summed E-state index contributed by atoms with van der Waals surface area (Å²) in [4.78, 5) is 0. The van der Waals surface area contributed by atoms with E-state index in [0.29, 0.717) is 19.1 Å². The highest BCUT2D eigenvalue weighted by molar-refractivity contribution is 9.10. The zero-order valence-corrected chi connectivity index (χ0v) is 8.77. The summed E-state index contributed by atoms with van der Waals surface area (Å²) in [5.74, 6) is 2.47. The highest BCUT2D eigenvalue weighted by Gasteiger charge is 2.24. The topological polar surface area (TPSA) is 22.4 Å². The summed E-state index contributed by atoms with van der Waals surface area (Å²) in [6.07, 6.45) is 0. The largest absolute Gasteiger partial charge is 0.462 e. The van der Waals surface area contributed by atoms with E-state index in [1.807, 2.05) is 0 Å². The first-order valence-corrected chi connectivity index (χ1v) is 4.87. The van der Waals surface area contributed by atoms with Gasteiger partial charge in [-0.15, -0.1) is 0 Å². The first kappa shape index (κ1) is 8.32. The first-order chi connectivity index (χ1) is 5.70. The fourth-order valence-corrected chi connectivity index (χ4v) is 2.26. The number of hydrogen-bond acceptors (Lipinski definition) is 2. The molecule has 0 spiro atoms. The molecule has 0 amide bonds. The summed E-state index contributed by atoms with van der Waals surface area (Å²) in [7, 11) is 0. The van der Waals surface area contributed by atoms with Gasteiger partial charge in [-0.1, -0.05) is 13.8 Å². The lowest BCUT2D eigenvalue weighted by Gasteiger charge is -2.01. The molecule has 2 rings (SSSR count). The van der Waals surface area contributed by atoms with E-state index in [1.165, 1.54) is 5.56 Å². The molecular weight excluding hydrogens is 220 g/mol. The lowest BCUT2D eigenvalue weighted by atomic mass is 10.1. The van der Waals surface area contributed by atoms with Gasteiger partial charge in [0.2, 0.25) is 0 Å². The van der Waals surface area contributed by atoms with Gasteiger partial charge in [0.1, 0.15) is 18.1 Å². The zero-order valence-electron chi connectivity index (χ0n) is 7.19. The summed E-state index contributed by atoms with van der Waals surface area (Å²) in [6.45, 7) is 5.56. The van der Waals surface area contributed by atoms with E-state index in [-0.39, 0.29) is 0 Å². The van der Waals surface area contributed by atoms with Gasteiger partial charge < -0.3 is 9.15 Å². The maximum Gasteiger partial charge on any atom is 0.136 e. The monoisotopic (exact) mass is 230 g/mol. The second kappa shape index (κ2) is 2.89. The minimum atomic E-state index is 0.435. The Bertz CT molecular complexity index is 302. The molecule has 0 aliphatic carbocycles. The Morgan fingerprint density at radius 3 is 2.67 bits per heavy atom. The second-order valence-corrected chi connectivity index (χ2v) is 4.12. The standard InChI is InChI=1S/C9H11BrO2/c1-5(2)9-8(10)6-3-11-4-7(6)12-9/h5H,3-4H2,1-2H3. The van der Waals surface area contributed by atoms with Crippen molar-refractivity contribution in [3.63, 3.8) is 0 Å². The van der Waals surface area contributed by atoms with Crippen LogP contribution >= 0.6 is 15.9 Å². The van der Waals surface area contributed by atoms with Crippen molar-refractivity contribution in [3.8, 4) is 0 Å². The highest BCUT2D eigenvalue weighted by atomic mass is 79.9. The molecule has 0 bridgehead atoms. The molecule has 0 unspecified atom stereocenters. The van der Waals surface area contributed by atoms with Crippen molar-refractivity contribution in [2.45, 2.75) is 33.0 Å². The number of ether oxygens (including phenoxy) is 1. The number of hydrogen-bond donors (Lipinski definition) is 0.